The highest BCUT2D eigenvalue weighted by atomic mass is 35.5. The second-order valence-corrected chi connectivity index (χ2v) is 5.35. The normalized spacial score (nSPS) is 21.7. The van der Waals surface area contributed by atoms with Crippen LogP contribution in [0.1, 0.15) is 24.8 Å². The smallest absolute Gasteiger partial charge is 0.0637 e. The number of nitrogens with two attached hydrogens (primary N) is 1. The molecule has 2 rings (SSSR count). The first-order chi connectivity index (χ1) is 8.22. The Labute approximate surface area is 113 Å². The standard InChI is InChI=1S/C13H18Cl2N2/c14-12-6-3-4-10(13(12)15)9-17-7-2-1-5-11(17)8-16/h3-4,6,11H,1-2,5,7-9,16H2. The molecule has 17 heavy (non-hydrogen) atoms. The summed E-state index contributed by atoms with van der Waals surface area (Å²) < 4.78 is 0. The van der Waals surface area contributed by atoms with Gasteiger partial charge in [-0.15, -0.1) is 0 Å². The minimum atomic E-state index is 0.485. The Balaban J connectivity index is 2.11. The first-order valence-electron chi connectivity index (χ1n) is 6.09. The maximum atomic E-state index is 6.21. The lowest BCUT2D eigenvalue weighted by atomic mass is 10.0. The molecule has 0 spiro atoms. The van der Waals surface area contributed by atoms with Crippen molar-refractivity contribution in [2.75, 3.05) is 13.1 Å². The van der Waals surface area contributed by atoms with Gasteiger partial charge >= 0.3 is 0 Å². The maximum Gasteiger partial charge on any atom is 0.0637 e. The number of nitrogens with zero attached hydrogens (tertiary/aromatic N) is 1. The first kappa shape index (κ1) is 13.2. The van der Waals surface area contributed by atoms with Crippen LogP contribution in [-0.4, -0.2) is 24.0 Å². The quantitative estimate of drug-likeness (QED) is 0.915. The van der Waals surface area contributed by atoms with Crippen molar-refractivity contribution in [2.45, 2.75) is 31.8 Å². The van der Waals surface area contributed by atoms with Gasteiger partial charge in [0, 0.05) is 19.1 Å². The zero-order valence-corrected chi connectivity index (χ0v) is 11.3. The van der Waals surface area contributed by atoms with Gasteiger partial charge in [-0.1, -0.05) is 41.8 Å². The van der Waals surface area contributed by atoms with Gasteiger partial charge in [0.2, 0.25) is 0 Å². The second-order valence-electron chi connectivity index (χ2n) is 4.57. The lowest BCUT2D eigenvalue weighted by Gasteiger charge is -2.35. The molecule has 1 atom stereocenters. The molecule has 1 heterocycles. The number of piperidine rings is 1. The van der Waals surface area contributed by atoms with Gasteiger partial charge in [-0.3, -0.25) is 4.90 Å². The lowest BCUT2D eigenvalue weighted by molar-refractivity contribution is 0.145. The molecule has 4 heteroatoms. The highest BCUT2D eigenvalue weighted by Crippen LogP contribution is 2.28. The van der Waals surface area contributed by atoms with Crippen LogP contribution >= 0.6 is 23.2 Å². The second kappa shape index (κ2) is 6.05. The summed E-state index contributed by atoms with van der Waals surface area (Å²) in [5, 5.41) is 1.31. The topological polar surface area (TPSA) is 29.3 Å². The van der Waals surface area contributed by atoms with E-state index in [1.165, 1.54) is 19.3 Å². The average Bonchev–Trinajstić information content (AvgIpc) is 2.35. The van der Waals surface area contributed by atoms with Crippen LogP contribution in [0.15, 0.2) is 18.2 Å². The van der Waals surface area contributed by atoms with E-state index < -0.39 is 0 Å². The number of halogens is 2. The molecule has 1 fully saturated rings. The zero-order valence-electron chi connectivity index (χ0n) is 9.83. The fourth-order valence-electron chi connectivity index (χ4n) is 2.42. The van der Waals surface area contributed by atoms with Crippen molar-refractivity contribution in [1.82, 2.24) is 4.90 Å². The molecule has 2 nitrogen and oxygen atoms in total. The highest BCUT2D eigenvalue weighted by molar-refractivity contribution is 6.42. The summed E-state index contributed by atoms with van der Waals surface area (Å²) in [6, 6.07) is 6.30. The number of likely N-dealkylation sites (tertiary alicyclic amines) is 1. The van der Waals surface area contributed by atoms with Crippen molar-refractivity contribution in [3.63, 3.8) is 0 Å². The largest absolute Gasteiger partial charge is 0.329 e. The van der Waals surface area contributed by atoms with E-state index >= 15 is 0 Å². The van der Waals surface area contributed by atoms with Gasteiger partial charge in [-0.05, 0) is 31.0 Å². The van der Waals surface area contributed by atoms with Crippen LogP contribution in [-0.2, 0) is 6.54 Å². The summed E-state index contributed by atoms with van der Waals surface area (Å²) >= 11 is 12.2. The third-order valence-corrected chi connectivity index (χ3v) is 4.28. The fraction of sp³-hybridized carbons (Fsp3) is 0.538. The third kappa shape index (κ3) is 3.14. The Morgan fingerprint density at radius 2 is 2.12 bits per heavy atom. The number of hydrogen-bond donors (Lipinski definition) is 1. The molecule has 1 aromatic rings. The minimum Gasteiger partial charge on any atom is -0.329 e. The van der Waals surface area contributed by atoms with Crippen LogP contribution in [0.5, 0.6) is 0 Å². The fourth-order valence-corrected chi connectivity index (χ4v) is 2.80. The Kier molecular flexibility index (Phi) is 4.69. The van der Waals surface area contributed by atoms with Gasteiger partial charge in [0.15, 0.2) is 0 Å². The summed E-state index contributed by atoms with van der Waals surface area (Å²) in [6.07, 6.45) is 3.71. The summed E-state index contributed by atoms with van der Waals surface area (Å²) in [5.74, 6) is 0. The van der Waals surface area contributed by atoms with E-state index in [2.05, 4.69) is 4.90 Å². The number of benzene rings is 1. The van der Waals surface area contributed by atoms with Crippen LogP contribution in [0.2, 0.25) is 10.0 Å². The van der Waals surface area contributed by atoms with Gasteiger partial charge in [0.25, 0.3) is 0 Å². The van der Waals surface area contributed by atoms with E-state index in [1.807, 2.05) is 18.2 Å². The Hall–Kier alpha value is -0.280. The lowest BCUT2D eigenvalue weighted by Crippen LogP contribution is -2.43. The molecule has 1 aliphatic rings. The molecule has 2 N–H and O–H groups in total. The summed E-state index contributed by atoms with van der Waals surface area (Å²) in [7, 11) is 0. The summed E-state index contributed by atoms with van der Waals surface area (Å²) in [6.45, 7) is 2.67. The van der Waals surface area contributed by atoms with Gasteiger partial charge in [-0.25, -0.2) is 0 Å². The van der Waals surface area contributed by atoms with E-state index in [1.54, 1.807) is 0 Å². The SMILES string of the molecule is NCC1CCCCN1Cc1cccc(Cl)c1Cl. The first-order valence-corrected chi connectivity index (χ1v) is 6.85. The van der Waals surface area contributed by atoms with Crippen LogP contribution in [0.25, 0.3) is 0 Å². The molecular weight excluding hydrogens is 255 g/mol. The van der Waals surface area contributed by atoms with Crippen molar-refractivity contribution < 1.29 is 0 Å². The summed E-state index contributed by atoms with van der Waals surface area (Å²) in [4.78, 5) is 2.42. The van der Waals surface area contributed by atoms with Gasteiger partial charge in [0.05, 0.1) is 10.0 Å². The predicted molar refractivity (Wildman–Crippen MR) is 73.6 cm³/mol. The van der Waals surface area contributed by atoms with Crippen molar-refractivity contribution in [3.05, 3.63) is 33.8 Å². The van der Waals surface area contributed by atoms with Crippen LogP contribution < -0.4 is 5.73 Å². The molecule has 94 valence electrons. The minimum absolute atomic E-state index is 0.485. The van der Waals surface area contributed by atoms with Crippen molar-refractivity contribution >= 4 is 23.2 Å². The Morgan fingerprint density at radius 1 is 1.29 bits per heavy atom. The molecule has 1 aromatic carbocycles. The van der Waals surface area contributed by atoms with Crippen LogP contribution in [0.4, 0.5) is 0 Å². The molecule has 1 unspecified atom stereocenters. The van der Waals surface area contributed by atoms with Crippen LogP contribution in [0, 0.1) is 0 Å². The van der Waals surface area contributed by atoms with Crippen molar-refractivity contribution in [2.24, 2.45) is 5.73 Å². The maximum absolute atomic E-state index is 6.21. The summed E-state index contributed by atoms with van der Waals surface area (Å²) in [5.41, 5.74) is 6.91. The van der Waals surface area contributed by atoms with Gasteiger partial charge in [0.1, 0.15) is 0 Å². The molecule has 0 radical (unpaired) electrons. The van der Waals surface area contributed by atoms with E-state index in [9.17, 15) is 0 Å². The van der Waals surface area contributed by atoms with Crippen molar-refractivity contribution in [1.29, 1.82) is 0 Å². The molecule has 0 amide bonds. The van der Waals surface area contributed by atoms with E-state index in [4.69, 9.17) is 28.9 Å². The van der Waals surface area contributed by atoms with E-state index in [0.29, 0.717) is 16.1 Å². The average molecular weight is 273 g/mol. The molecule has 0 saturated carbocycles. The zero-order chi connectivity index (χ0) is 12.3. The molecule has 0 bridgehead atoms. The predicted octanol–water partition coefficient (Wildman–Crippen LogP) is 3.31. The Morgan fingerprint density at radius 3 is 2.88 bits per heavy atom. The molecule has 0 aromatic heterocycles. The highest BCUT2D eigenvalue weighted by Gasteiger charge is 2.21. The van der Waals surface area contributed by atoms with E-state index in [0.717, 1.165) is 25.2 Å². The molecule has 1 aliphatic heterocycles. The molecule has 0 aliphatic carbocycles. The monoisotopic (exact) mass is 272 g/mol. The third-order valence-electron chi connectivity index (χ3n) is 3.43. The number of hydrogen-bond acceptors (Lipinski definition) is 2. The molecule has 1 saturated heterocycles. The molecular formula is C13H18Cl2N2. The van der Waals surface area contributed by atoms with Crippen LogP contribution in [0.3, 0.4) is 0 Å². The van der Waals surface area contributed by atoms with Gasteiger partial charge < -0.3 is 5.73 Å². The van der Waals surface area contributed by atoms with Crippen molar-refractivity contribution in [3.8, 4) is 0 Å². The van der Waals surface area contributed by atoms with Gasteiger partial charge in [-0.2, -0.15) is 0 Å². The number of rotatable bonds is 3. The Bertz CT molecular complexity index is 382. The van der Waals surface area contributed by atoms with E-state index in [-0.39, 0.29) is 0 Å².